The van der Waals surface area contributed by atoms with Gasteiger partial charge in [0.05, 0.1) is 12.2 Å². The molecule has 0 bridgehead atoms. The monoisotopic (exact) mass is 279 g/mol. The SMILES string of the molecule is C[C@H](CO)NC(=O)c1ccccc1SC(F)(F)F. The minimum atomic E-state index is -4.45. The molecule has 1 atom stereocenters. The zero-order chi connectivity index (χ0) is 13.8. The number of aliphatic hydroxyl groups is 1. The third-order valence-corrected chi connectivity index (χ3v) is 2.82. The maximum atomic E-state index is 12.3. The summed E-state index contributed by atoms with van der Waals surface area (Å²) in [5, 5.41) is 11.2. The number of halogens is 3. The molecular formula is C11H12F3NO2S. The van der Waals surface area contributed by atoms with Crippen molar-refractivity contribution in [3.63, 3.8) is 0 Å². The Labute approximate surface area is 106 Å². The molecule has 1 aromatic carbocycles. The summed E-state index contributed by atoms with van der Waals surface area (Å²) in [4.78, 5) is 11.6. The fraction of sp³-hybridized carbons (Fsp3) is 0.364. The van der Waals surface area contributed by atoms with Gasteiger partial charge in [-0.05, 0) is 30.8 Å². The van der Waals surface area contributed by atoms with Gasteiger partial charge in [-0.3, -0.25) is 4.79 Å². The molecule has 0 aromatic heterocycles. The van der Waals surface area contributed by atoms with Crippen LogP contribution in [-0.4, -0.2) is 29.2 Å². The number of alkyl halides is 3. The van der Waals surface area contributed by atoms with Crippen LogP contribution in [0.3, 0.4) is 0 Å². The maximum absolute atomic E-state index is 12.3. The van der Waals surface area contributed by atoms with Gasteiger partial charge in [-0.15, -0.1) is 0 Å². The van der Waals surface area contributed by atoms with E-state index in [9.17, 15) is 18.0 Å². The largest absolute Gasteiger partial charge is 0.446 e. The topological polar surface area (TPSA) is 49.3 Å². The second kappa shape index (κ2) is 6.10. The number of nitrogens with one attached hydrogen (secondary N) is 1. The van der Waals surface area contributed by atoms with Gasteiger partial charge >= 0.3 is 5.51 Å². The predicted molar refractivity (Wildman–Crippen MR) is 62.4 cm³/mol. The Morgan fingerprint density at radius 2 is 2.06 bits per heavy atom. The summed E-state index contributed by atoms with van der Waals surface area (Å²) in [5.74, 6) is -0.635. The third-order valence-electron chi connectivity index (χ3n) is 2.01. The van der Waals surface area contributed by atoms with Crippen LogP contribution in [-0.2, 0) is 0 Å². The lowest BCUT2D eigenvalue weighted by Gasteiger charge is -2.14. The highest BCUT2D eigenvalue weighted by Crippen LogP contribution is 2.38. The number of amides is 1. The predicted octanol–water partition coefficient (Wildman–Crippen LogP) is 2.41. The molecule has 1 aromatic rings. The first-order chi connectivity index (χ1) is 8.33. The van der Waals surface area contributed by atoms with Crippen molar-refractivity contribution < 1.29 is 23.1 Å². The fourth-order valence-corrected chi connectivity index (χ4v) is 1.88. The Balaban J connectivity index is 2.91. The lowest BCUT2D eigenvalue weighted by Crippen LogP contribution is -2.35. The van der Waals surface area contributed by atoms with E-state index in [1.54, 1.807) is 6.92 Å². The average molecular weight is 279 g/mol. The zero-order valence-corrected chi connectivity index (χ0v) is 10.3. The van der Waals surface area contributed by atoms with Crippen molar-refractivity contribution in [2.24, 2.45) is 0 Å². The molecule has 18 heavy (non-hydrogen) atoms. The fourth-order valence-electron chi connectivity index (χ4n) is 1.22. The molecule has 1 amide bonds. The molecular weight excluding hydrogens is 267 g/mol. The Morgan fingerprint density at radius 3 is 2.61 bits per heavy atom. The summed E-state index contributed by atoms with van der Waals surface area (Å²) >= 11 is -0.333. The molecule has 0 radical (unpaired) electrons. The molecule has 0 aliphatic heterocycles. The Morgan fingerprint density at radius 1 is 1.44 bits per heavy atom. The summed E-state index contributed by atoms with van der Waals surface area (Å²) in [6.45, 7) is 1.28. The number of carbonyl (C=O) groups is 1. The Hall–Kier alpha value is -1.21. The highest BCUT2D eigenvalue weighted by Gasteiger charge is 2.31. The third kappa shape index (κ3) is 4.58. The molecule has 0 saturated heterocycles. The van der Waals surface area contributed by atoms with Crippen molar-refractivity contribution in [1.29, 1.82) is 0 Å². The van der Waals surface area contributed by atoms with Crippen LogP contribution in [0.5, 0.6) is 0 Å². The Kier molecular flexibility index (Phi) is 5.03. The van der Waals surface area contributed by atoms with E-state index in [1.165, 1.54) is 24.3 Å². The Bertz CT molecular complexity index is 423. The van der Waals surface area contributed by atoms with Crippen molar-refractivity contribution in [3.8, 4) is 0 Å². The van der Waals surface area contributed by atoms with Crippen molar-refractivity contribution in [3.05, 3.63) is 29.8 Å². The summed E-state index contributed by atoms with van der Waals surface area (Å²) in [7, 11) is 0. The molecule has 0 fully saturated rings. The van der Waals surface area contributed by atoms with E-state index >= 15 is 0 Å². The van der Waals surface area contributed by atoms with Crippen LogP contribution in [0.4, 0.5) is 13.2 Å². The molecule has 0 saturated carbocycles. The number of aliphatic hydroxyl groups excluding tert-OH is 1. The van der Waals surface area contributed by atoms with Crippen LogP contribution in [0.2, 0.25) is 0 Å². The van der Waals surface area contributed by atoms with E-state index in [0.717, 1.165) is 0 Å². The second-order valence-corrected chi connectivity index (χ2v) is 4.71. The lowest BCUT2D eigenvalue weighted by atomic mass is 10.2. The number of hydrogen-bond donors (Lipinski definition) is 2. The van der Waals surface area contributed by atoms with Gasteiger partial charge in [0.25, 0.3) is 5.91 Å². The highest BCUT2D eigenvalue weighted by atomic mass is 32.2. The normalized spacial score (nSPS) is 13.2. The van der Waals surface area contributed by atoms with Crippen LogP contribution in [0.15, 0.2) is 29.2 Å². The van der Waals surface area contributed by atoms with E-state index in [1.807, 2.05) is 0 Å². The lowest BCUT2D eigenvalue weighted by molar-refractivity contribution is -0.0328. The first kappa shape index (κ1) is 14.8. The molecule has 0 aliphatic rings. The van der Waals surface area contributed by atoms with E-state index in [4.69, 9.17) is 5.11 Å². The van der Waals surface area contributed by atoms with Crippen molar-refractivity contribution in [1.82, 2.24) is 5.32 Å². The summed E-state index contributed by atoms with van der Waals surface area (Å²) in [6, 6.07) is 4.95. The van der Waals surface area contributed by atoms with E-state index in [-0.39, 0.29) is 28.8 Å². The molecule has 100 valence electrons. The van der Waals surface area contributed by atoms with Gasteiger partial charge in [-0.2, -0.15) is 13.2 Å². The van der Waals surface area contributed by atoms with Crippen LogP contribution < -0.4 is 5.32 Å². The van der Waals surface area contributed by atoms with Gasteiger partial charge < -0.3 is 10.4 Å². The second-order valence-electron chi connectivity index (χ2n) is 3.60. The molecule has 0 unspecified atom stereocenters. The van der Waals surface area contributed by atoms with Crippen LogP contribution in [0.1, 0.15) is 17.3 Å². The van der Waals surface area contributed by atoms with Crippen molar-refractivity contribution >= 4 is 17.7 Å². The van der Waals surface area contributed by atoms with Gasteiger partial charge in [0, 0.05) is 10.9 Å². The molecule has 1 rings (SSSR count). The van der Waals surface area contributed by atoms with Gasteiger partial charge in [-0.25, -0.2) is 0 Å². The smallest absolute Gasteiger partial charge is 0.394 e. The summed E-state index contributed by atoms with van der Waals surface area (Å²) in [6.07, 6.45) is 0. The zero-order valence-electron chi connectivity index (χ0n) is 9.49. The molecule has 0 aliphatic carbocycles. The van der Waals surface area contributed by atoms with Crippen molar-refractivity contribution in [2.75, 3.05) is 6.61 Å². The van der Waals surface area contributed by atoms with E-state index in [0.29, 0.717) is 0 Å². The summed E-state index contributed by atoms with van der Waals surface area (Å²) < 4.78 is 36.9. The average Bonchev–Trinajstić information content (AvgIpc) is 2.27. The molecule has 7 heteroatoms. The highest BCUT2D eigenvalue weighted by molar-refractivity contribution is 8.00. The minimum absolute atomic E-state index is 0.0554. The number of hydrogen-bond acceptors (Lipinski definition) is 3. The maximum Gasteiger partial charge on any atom is 0.446 e. The summed E-state index contributed by atoms with van der Waals surface area (Å²) in [5.41, 5.74) is -4.50. The van der Waals surface area contributed by atoms with Gasteiger partial charge in [0.15, 0.2) is 0 Å². The number of thioether (sulfide) groups is 1. The van der Waals surface area contributed by atoms with Gasteiger partial charge in [-0.1, -0.05) is 12.1 Å². The first-order valence-corrected chi connectivity index (χ1v) is 5.91. The number of rotatable bonds is 4. The van der Waals surface area contributed by atoms with Crippen molar-refractivity contribution in [2.45, 2.75) is 23.4 Å². The van der Waals surface area contributed by atoms with Crippen LogP contribution in [0, 0.1) is 0 Å². The number of benzene rings is 1. The first-order valence-electron chi connectivity index (χ1n) is 5.10. The molecule has 0 heterocycles. The van der Waals surface area contributed by atoms with E-state index in [2.05, 4.69) is 5.32 Å². The quantitative estimate of drug-likeness (QED) is 0.832. The number of carbonyl (C=O) groups excluding carboxylic acids is 1. The molecule has 2 N–H and O–H groups in total. The van der Waals surface area contributed by atoms with E-state index < -0.39 is 17.5 Å². The molecule has 3 nitrogen and oxygen atoms in total. The minimum Gasteiger partial charge on any atom is -0.394 e. The van der Waals surface area contributed by atoms with Gasteiger partial charge in [0.2, 0.25) is 0 Å². The van der Waals surface area contributed by atoms with Gasteiger partial charge in [0.1, 0.15) is 0 Å². The van der Waals surface area contributed by atoms with Crippen LogP contribution >= 0.6 is 11.8 Å². The molecule has 0 spiro atoms. The van der Waals surface area contributed by atoms with Crippen LogP contribution in [0.25, 0.3) is 0 Å². The standard InChI is InChI=1S/C11H12F3NO2S/c1-7(6-16)15-10(17)8-4-2-3-5-9(8)18-11(12,13)14/h2-5,7,16H,6H2,1H3,(H,15,17)/t7-/m1/s1.